The molecule has 138 valence electrons. The van der Waals surface area contributed by atoms with Crippen molar-refractivity contribution in [3.05, 3.63) is 70.6 Å². The van der Waals surface area contributed by atoms with E-state index in [0.717, 1.165) is 0 Å². The average Bonchev–Trinajstić information content (AvgIpc) is 2.64. The minimum absolute atomic E-state index is 0.00521. The van der Waals surface area contributed by atoms with Gasteiger partial charge < -0.3 is 15.4 Å². The molecule has 27 heavy (non-hydrogen) atoms. The number of aromatic nitrogens is 2. The van der Waals surface area contributed by atoms with Gasteiger partial charge in [0.15, 0.2) is 0 Å². The molecule has 0 aliphatic rings. The number of nitrogens with one attached hydrogen (secondary N) is 2. The molecule has 0 saturated heterocycles. The van der Waals surface area contributed by atoms with E-state index in [1.54, 1.807) is 36.4 Å². The predicted molar refractivity (Wildman–Crippen MR) is 103 cm³/mol. The summed E-state index contributed by atoms with van der Waals surface area (Å²) in [6.07, 6.45) is 0. The summed E-state index contributed by atoms with van der Waals surface area (Å²) >= 11 is 5.80. The highest BCUT2D eigenvalue weighted by Gasteiger charge is 2.08. The standard InChI is InChI=1S/C19H16ClFN4O2/c1-11-8-17(23-13-5-3-4-12(9-13)18(26)27-2)25-19(22-11)24-14-6-7-16(21)15(20)10-14/h3-10H,1-2H3,(H2,22,23,24,25). The number of hydrogen-bond donors (Lipinski definition) is 2. The number of rotatable bonds is 5. The summed E-state index contributed by atoms with van der Waals surface area (Å²) in [6.45, 7) is 1.82. The number of anilines is 4. The Kier molecular flexibility index (Phi) is 5.52. The van der Waals surface area contributed by atoms with Gasteiger partial charge >= 0.3 is 5.97 Å². The van der Waals surface area contributed by atoms with Crippen LogP contribution >= 0.6 is 11.6 Å². The number of nitrogens with zero attached hydrogens (tertiary/aromatic N) is 2. The molecule has 2 aromatic carbocycles. The SMILES string of the molecule is COC(=O)c1cccc(Nc2cc(C)nc(Nc3ccc(F)c(Cl)c3)n2)c1. The third kappa shape index (κ3) is 4.71. The molecule has 0 aliphatic heterocycles. The molecule has 0 bridgehead atoms. The molecule has 0 saturated carbocycles. The fraction of sp³-hybridized carbons (Fsp3) is 0.105. The molecule has 2 N–H and O–H groups in total. The Bertz CT molecular complexity index is 997. The fourth-order valence-corrected chi connectivity index (χ4v) is 2.56. The molecule has 0 atom stereocenters. The van der Waals surface area contributed by atoms with Gasteiger partial charge in [-0.05, 0) is 43.3 Å². The van der Waals surface area contributed by atoms with Crippen LogP contribution in [0.15, 0.2) is 48.5 Å². The van der Waals surface area contributed by atoms with Crippen molar-refractivity contribution in [2.24, 2.45) is 0 Å². The maximum atomic E-state index is 13.3. The minimum Gasteiger partial charge on any atom is -0.465 e. The first kappa shape index (κ1) is 18.6. The number of carbonyl (C=O) groups excluding carboxylic acids is 1. The minimum atomic E-state index is -0.500. The van der Waals surface area contributed by atoms with E-state index in [4.69, 9.17) is 16.3 Å². The van der Waals surface area contributed by atoms with Crippen molar-refractivity contribution < 1.29 is 13.9 Å². The topological polar surface area (TPSA) is 76.1 Å². The Labute approximate surface area is 160 Å². The van der Waals surface area contributed by atoms with Crippen LogP contribution in [0, 0.1) is 12.7 Å². The Balaban J connectivity index is 1.83. The van der Waals surface area contributed by atoms with E-state index < -0.39 is 11.8 Å². The zero-order valence-electron chi connectivity index (χ0n) is 14.6. The smallest absolute Gasteiger partial charge is 0.337 e. The van der Waals surface area contributed by atoms with Crippen LogP contribution in [0.5, 0.6) is 0 Å². The van der Waals surface area contributed by atoms with Gasteiger partial charge in [-0.25, -0.2) is 14.2 Å². The molecule has 3 aromatic rings. The Morgan fingerprint density at radius 2 is 1.85 bits per heavy atom. The molecular weight excluding hydrogens is 371 g/mol. The molecule has 0 radical (unpaired) electrons. The first-order valence-electron chi connectivity index (χ1n) is 7.98. The van der Waals surface area contributed by atoms with Crippen molar-refractivity contribution in [2.45, 2.75) is 6.92 Å². The number of carbonyl (C=O) groups is 1. The van der Waals surface area contributed by atoms with E-state index in [0.29, 0.717) is 34.4 Å². The van der Waals surface area contributed by atoms with Gasteiger partial charge in [0.25, 0.3) is 0 Å². The number of ether oxygens (including phenoxy) is 1. The van der Waals surface area contributed by atoms with Gasteiger partial charge in [0.05, 0.1) is 17.7 Å². The lowest BCUT2D eigenvalue weighted by atomic mass is 10.2. The van der Waals surface area contributed by atoms with Gasteiger partial charge in [0, 0.05) is 23.1 Å². The van der Waals surface area contributed by atoms with Crippen LogP contribution in [-0.2, 0) is 4.74 Å². The van der Waals surface area contributed by atoms with Crippen molar-refractivity contribution in [3.8, 4) is 0 Å². The highest BCUT2D eigenvalue weighted by atomic mass is 35.5. The average molecular weight is 387 g/mol. The Morgan fingerprint density at radius 1 is 1.07 bits per heavy atom. The largest absolute Gasteiger partial charge is 0.465 e. The summed E-state index contributed by atoms with van der Waals surface area (Å²) < 4.78 is 18.0. The molecule has 8 heteroatoms. The first-order chi connectivity index (χ1) is 12.9. The lowest BCUT2D eigenvalue weighted by Crippen LogP contribution is -2.04. The molecule has 3 rings (SSSR count). The highest BCUT2D eigenvalue weighted by molar-refractivity contribution is 6.31. The monoisotopic (exact) mass is 386 g/mol. The summed E-state index contributed by atoms with van der Waals surface area (Å²) in [5.74, 6) is -0.0715. The number of aryl methyl sites for hydroxylation is 1. The van der Waals surface area contributed by atoms with Crippen molar-refractivity contribution in [2.75, 3.05) is 17.7 Å². The number of benzene rings is 2. The molecule has 6 nitrogen and oxygen atoms in total. The van der Waals surface area contributed by atoms with Crippen LogP contribution in [0.3, 0.4) is 0 Å². The number of methoxy groups -OCH3 is 1. The number of esters is 1. The van der Waals surface area contributed by atoms with Crippen LogP contribution in [0.1, 0.15) is 16.1 Å². The summed E-state index contributed by atoms with van der Waals surface area (Å²) in [6, 6.07) is 12.9. The molecule has 1 heterocycles. The van der Waals surface area contributed by atoms with Gasteiger partial charge in [-0.2, -0.15) is 4.98 Å². The first-order valence-corrected chi connectivity index (χ1v) is 8.35. The van der Waals surface area contributed by atoms with Gasteiger partial charge in [-0.15, -0.1) is 0 Å². The van der Waals surface area contributed by atoms with Gasteiger partial charge in [0.1, 0.15) is 11.6 Å². The quantitative estimate of drug-likeness (QED) is 0.610. The van der Waals surface area contributed by atoms with Crippen LogP contribution in [0.4, 0.5) is 27.5 Å². The van der Waals surface area contributed by atoms with Gasteiger partial charge in [-0.1, -0.05) is 17.7 Å². The third-order valence-electron chi connectivity index (χ3n) is 3.59. The second-order valence-corrected chi connectivity index (χ2v) is 6.08. The van der Waals surface area contributed by atoms with E-state index >= 15 is 0 Å². The number of hydrogen-bond acceptors (Lipinski definition) is 6. The highest BCUT2D eigenvalue weighted by Crippen LogP contribution is 2.23. The zero-order chi connectivity index (χ0) is 19.4. The van der Waals surface area contributed by atoms with E-state index in [1.807, 2.05) is 6.92 Å². The molecule has 0 spiro atoms. The summed E-state index contributed by atoms with van der Waals surface area (Å²) in [5.41, 5.74) is 2.37. The lowest BCUT2D eigenvalue weighted by Gasteiger charge is -2.11. The number of halogens is 2. The zero-order valence-corrected chi connectivity index (χ0v) is 15.3. The molecular formula is C19H16ClFN4O2. The maximum Gasteiger partial charge on any atom is 0.337 e. The van der Waals surface area contributed by atoms with Crippen LogP contribution in [-0.4, -0.2) is 23.0 Å². The summed E-state index contributed by atoms with van der Waals surface area (Å²) in [4.78, 5) is 20.4. The Hall–Kier alpha value is -3.19. The van der Waals surface area contributed by atoms with Crippen molar-refractivity contribution in [3.63, 3.8) is 0 Å². The van der Waals surface area contributed by atoms with E-state index in [9.17, 15) is 9.18 Å². The summed E-state index contributed by atoms with van der Waals surface area (Å²) in [7, 11) is 1.33. The van der Waals surface area contributed by atoms with E-state index in [-0.39, 0.29) is 5.02 Å². The van der Waals surface area contributed by atoms with Gasteiger partial charge in [-0.3, -0.25) is 0 Å². The normalized spacial score (nSPS) is 10.4. The van der Waals surface area contributed by atoms with Crippen LogP contribution in [0.25, 0.3) is 0 Å². The summed E-state index contributed by atoms with van der Waals surface area (Å²) in [5, 5.41) is 6.12. The van der Waals surface area contributed by atoms with Crippen molar-refractivity contribution in [1.82, 2.24) is 9.97 Å². The maximum absolute atomic E-state index is 13.3. The second-order valence-electron chi connectivity index (χ2n) is 5.67. The van der Waals surface area contributed by atoms with E-state index in [1.165, 1.54) is 19.2 Å². The van der Waals surface area contributed by atoms with E-state index in [2.05, 4.69) is 20.6 Å². The van der Waals surface area contributed by atoms with Crippen molar-refractivity contribution >= 4 is 40.7 Å². The molecule has 0 fully saturated rings. The third-order valence-corrected chi connectivity index (χ3v) is 3.88. The predicted octanol–water partition coefficient (Wildman–Crippen LogP) is 4.85. The molecule has 1 aromatic heterocycles. The molecule has 0 amide bonds. The van der Waals surface area contributed by atoms with Crippen LogP contribution in [0.2, 0.25) is 5.02 Å². The lowest BCUT2D eigenvalue weighted by molar-refractivity contribution is 0.0601. The second kappa shape index (κ2) is 8.01. The van der Waals surface area contributed by atoms with Crippen molar-refractivity contribution in [1.29, 1.82) is 0 Å². The van der Waals surface area contributed by atoms with Gasteiger partial charge in [0.2, 0.25) is 5.95 Å². The fourth-order valence-electron chi connectivity index (χ4n) is 2.38. The van der Waals surface area contributed by atoms with Crippen LogP contribution < -0.4 is 10.6 Å². The molecule has 0 unspecified atom stereocenters. The Morgan fingerprint density at radius 3 is 2.59 bits per heavy atom. The molecule has 0 aliphatic carbocycles.